The van der Waals surface area contributed by atoms with Gasteiger partial charge in [0.05, 0.1) is 0 Å². The van der Waals surface area contributed by atoms with Gasteiger partial charge >= 0.3 is 0 Å². The van der Waals surface area contributed by atoms with Gasteiger partial charge in [0.25, 0.3) is 5.24 Å². The highest BCUT2D eigenvalue weighted by Crippen LogP contribution is 2.07. The summed E-state index contributed by atoms with van der Waals surface area (Å²) in [5.41, 5.74) is 0. The molecule has 0 amide bonds. The number of carbonyl (C=O) groups excluding carboxylic acids is 1. The molecule has 1 nitrogen and oxygen atoms in total. The molecule has 9 heavy (non-hydrogen) atoms. The Morgan fingerprint density at radius 1 is 1.56 bits per heavy atom. The normalized spacial score (nSPS) is 16.9. The smallest absolute Gasteiger partial charge is 0.259 e. The summed E-state index contributed by atoms with van der Waals surface area (Å²) in [6, 6.07) is 0. The van der Waals surface area contributed by atoms with E-state index in [0.717, 1.165) is 0 Å². The van der Waals surface area contributed by atoms with E-state index >= 15 is 0 Å². The van der Waals surface area contributed by atoms with E-state index in [1.54, 1.807) is 0 Å². The lowest BCUT2D eigenvalue weighted by molar-refractivity contribution is -0.118. The molecule has 54 valence electrons. The molecule has 0 spiro atoms. The molecule has 0 aromatic heterocycles. The number of carbonyl (C=O) groups is 1. The van der Waals surface area contributed by atoms with Gasteiger partial charge in [0.1, 0.15) is 6.67 Å². The minimum absolute atomic E-state index is 1.50. The number of halogens is 4. The first kappa shape index (κ1) is 8.75. The first-order valence-corrected chi connectivity index (χ1v) is 2.51. The summed E-state index contributed by atoms with van der Waals surface area (Å²) in [6.07, 6.45) is -4.95. The zero-order valence-electron chi connectivity index (χ0n) is 4.28. The largest absolute Gasteiger partial charge is 0.278 e. The summed E-state index contributed by atoms with van der Waals surface area (Å²) in [5, 5.41) is -1.50. The zero-order chi connectivity index (χ0) is 7.44. The third-order valence-corrected chi connectivity index (χ3v) is 0.890. The van der Waals surface area contributed by atoms with Crippen LogP contribution in [0.5, 0.6) is 0 Å². The minimum atomic E-state index is -2.53. The van der Waals surface area contributed by atoms with Gasteiger partial charge in [-0.05, 0) is 11.6 Å². The number of alkyl halides is 3. The summed E-state index contributed by atoms with van der Waals surface area (Å²) in [4.78, 5) is 9.73. The third kappa shape index (κ3) is 2.70. The van der Waals surface area contributed by atoms with Crippen molar-refractivity contribution in [2.75, 3.05) is 6.67 Å². The summed E-state index contributed by atoms with van der Waals surface area (Å²) in [6.45, 7) is -1.53. The van der Waals surface area contributed by atoms with Crippen molar-refractivity contribution in [1.82, 2.24) is 0 Å². The van der Waals surface area contributed by atoms with Crippen LogP contribution in [0.1, 0.15) is 0 Å². The van der Waals surface area contributed by atoms with Crippen LogP contribution in [-0.4, -0.2) is 24.3 Å². The average molecular weight is 161 g/mol. The molecule has 0 bridgehead atoms. The molecular formula is C4H4ClF3O. The first-order valence-electron chi connectivity index (χ1n) is 2.13. The van der Waals surface area contributed by atoms with Crippen molar-refractivity contribution < 1.29 is 18.0 Å². The Morgan fingerprint density at radius 3 is 2.11 bits per heavy atom. The highest BCUT2D eigenvalue weighted by molar-refractivity contribution is 6.64. The van der Waals surface area contributed by atoms with Gasteiger partial charge in [-0.3, -0.25) is 4.79 Å². The molecular weight excluding hydrogens is 156 g/mol. The van der Waals surface area contributed by atoms with Gasteiger partial charge in [-0.25, -0.2) is 13.2 Å². The average Bonchev–Trinajstić information content (AvgIpc) is 1.84. The fourth-order valence-electron chi connectivity index (χ4n) is 0.220. The Labute approximate surface area is 54.8 Å². The second-order valence-electron chi connectivity index (χ2n) is 1.38. The van der Waals surface area contributed by atoms with Crippen LogP contribution in [0.15, 0.2) is 0 Å². The maximum Gasteiger partial charge on any atom is 0.259 e. The molecule has 0 aromatic carbocycles. The fraction of sp³-hybridized carbons (Fsp3) is 0.750. The molecule has 0 fully saturated rings. The van der Waals surface area contributed by atoms with E-state index in [0.29, 0.717) is 0 Å². The van der Waals surface area contributed by atoms with Crippen LogP contribution in [0.3, 0.4) is 0 Å². The van der Waals surface area contributed by atoms with Crippen molar-refractivity contribution in [2.45, 2.75) is 12.3 Å². The van der Waals surface area contributed by atoms with E-state index < -0.39 is 24.3 Å². The Kier molecular flexibility index (Phi) is 3.61. The summed E-state index contributed by atoms with van der Waals surface area (Å²) in [7, 11) is 0. The number of hydrogen-bond acceptors (Lipinski definition) is 1. The van der Waals surface area contributed by atoms with Crippen molar-refractivity contribution in [2.24, 2.45) is 0 Å². The van der Waals surface area contributed by atoms with Gasteiger partial charge in [0.15, 0.2) is 6.17 Å². The van der Waals surface area contributed by atoms with Crippen LogP contribution in [-0.2, 0) is 4.79 Å². The van der Waals surface area contributed by atoms with Crippen molar-refractivity contribution in [3.8, 4) is 0 Å². The van der Waals surface area contributed by atoms with E-state index in [9.17, 15) is 18.0 Å². The molecule has 0 saturated heterocycles. The van der Waals surface area contributed by atoms with Gasteiger partial charge in [-0.15, -0.1) is 0 Å². The maximum atomic E-state index is 11.8. The van der Waals surface area contributed by atoms with Crippen LogP contribution in [0.4, 0.5) is 13.2 Å². The molecule has 0 N–H and O–H groups in total. The van der Waals surface area contributed by atoms with Crippen LogP contribution < -0.4 is 0 Å². The molecule has 0 aliphatic carbocycles. The summed E-state index contributed by atoms with van der Waals surface area (Å²) in [5.74, 6) is 0. The van der Waals surface area contributed by atoms with Gasteiger partial charge in [0, 0.05) is 0 Å². The molecule has 0 aliphatic heterocycles. The predicted octanol–water partition coefficient (Wildman–Crippen LogP) is 1.40. The molecule has 0 saturated carbocycles. The van der Waals surface area contributed by atoms with Gasteiger partial charge < -0.3 is 0 Å². The second kappa shape index (κ2) is 3.71. The Hall–Kier alpha value is -0.250. The van der Waals surface area contributed by atoms with Crippen LogP contribution in [0.2, 0.25) is 0 Å². The van der Waals surface area contributed by atoms with Crippen LogP contribution in [0.25, 0.3) is 0 Å². The SMILES string of the molecule is O=C(Cl)C(F)C(F)CF. The van der Waals surface area contributed by atoms with E-state index in [1.165, 1.54) is 0 Å². The van der Waals surface area contributed by atoms with Crippen molar-refractivity contribution in [1.29, 1.82) is 0 Å². The quantitative estimate of drug-likeness (QED) is 0.571. The van der Waals surface area contributed by atoms with Gasteiger partial charge in [0.2, 0.25) is 6.17 Å². The molecule has 5 heteroatoms. The van der Waals surface area contributed by atoms with Crippen molar-refractivity contribution >= 4 is 16.8 Å². The lowest BCUT2D eigenvalue weighted by Crippen LogP contribution is -2.24. The Morgan fingerprint density at radius 2 is 2.00 bits per heavy atom. The van der Waals surface area contributed by atoms with Gasteiger partial charge in [-0.1, -0.05) is 0 Å². The zero-order valence-corrected chi connectivity index (χ0v) is 5.04. The Balaban J connectivity index is 3.72. The van der Waals surface area contributed by atoms with Crippen LogP contribution in [0, 0.1) is 0 Å². The first-order chi connectivity index (χ1) is 4.09. The topological polar surface area (TPSA) is 17.1 Å². The fourth-order valence-corrected chi connectivity index (χ4v) is 0.357. The summed E-state index contributed by atoms with van der Waals surface area (Å²) < 4.78 is 34.7. The van der Waals surface area contributed by atoms with E-state index in [-0.39, 0.29) is 0 Å². The highest BCUT2D eigenvalue weighted by atomic mass is 35.5. The standard InChI is InChI=1S/C4H4ClF3O/c5-4(9)3(8)2(7)1-6/h2-3H,1H2. The molecule has 0 radical (unpaired) electrons. The van der Waals surface area contributed by atoms with Crippen molar-refractivity contribution in [3.63, 3.8) is 0 Å². The molecule has 2 unspecified atom stereocenters. The molecule has 0 aliphatic rings. The Bertz CT molecular complexity index is 108. The molecule has 0 rings (SSSR count). The highest BCUT2D eigenvalue weighted by Gasteiger charge is 2.26. The monoisotopic (exact) mass is 160 g/mol. The van der Waals surface area contributed by atoms with E-state index in [2.05, 4.69) is 11.6 Å². The number of hydrogen-bond donors (Lipinski definition) is 0. The van der Waals surface area contributed by atoms with Crippen LogP contribution >= 0.6 is 11.6 Å². The lowest BCUT2D eigenvalue weighted by Gasteiger charge is -2.02. The second-order valence-corrected chi connectivity index (χ2v) is 1.75. The minimum Gasteiger partial charge on any atom is -0.278 e. The van der Waals surface area contributed by atoms with Gasteiger partial charge in [-0.2, -0.15) is 0 Å². The van der Waals surface area contributed by atoms with E-state index in [4.69, 9.17) is 0 Å². The molecule has 2 atom stereocenters. The number of rotatable bonds is 3. The van der Waals surface area contributed by atoms with E-state index in [1.807, 2.05) is 0 Å². The third-order valence-electron chi connectivity index (χ3n) is 0.682. The summed E-state index contributed by atoms with van der Waals surface area (Å²) >= 11 is 4.48. The maximum absolute atomic E-state index is 11.8. The predicted molar refractivity (Wildman–Crippen MR) is 26.6 cm³/mol. The lowest BCUT2D eigenvalue weighted by atomic mass is 10.3. The van der Waals surface area contributed by atoms with Crippen molar-refractivity contribution in [3.05, 3.63) is 0 Å². The molecule has 0 aromatic rings. The molecule has 0 heterocycles.